The van der Waals surface area contributed by atoms with Gasteiger partial charge in [-0.3, -0.25) is 0 Å². The standard InChI is InChI=1S/C35H51N2/c1-10-13-35(37(11-2,12-3)25-34-21-30(8)16-31(9)22-34)36(23-32-17-26(4)14-27(5)18-32)24-33-19-28(6)15-29(7)20-33/h14-22,35H,10-13,23-25H2,1-9H3/q+1. The summed E-state index contributed by atoms with van der Waals surface area (Å²) in [6, 6.07) is 21.3. The Morgan fingerprint density at radius 1 is 0.541 bits per heavy atom. The fourth-order valence-corrected chi connectivity index (χ4v) is 6.62. The van der Waals surface area contributed by atoms with Crippen molar-refractivity contribution < 1.29 is 4.48 Å². The van der Waals surface area contributed by atoms with Crippen LogP contribution in [-0.2, 0) is 19.6 Å². The average molecular weight is 500 g/mol. The lowest BCUT2D eigenvalue weighted by Crippen LogP contribution is -2.61. The van der Waals surface area contributed by atoms with Crippen LogP contribution in [0.15, 0.2) is 54.6 Å². The van der Waals surface area contributed by atoms with Gasteiger partial charge in [-0.2, -0.15) is 0 Å². The van der Waals surface area contributed by atoms with Crippen LogP contribution in [0.3, 0.4) is 0 Å². The topological polar surface area (TPSA) is 3.24 Å². The molecule has 0 saturated heterocycles. The van der Waals surface area contributed by atoms with E-state index in [0.717, 1.165) is 37.2 Å². The summed E-state index contributed by atoms with van der Waals surface area (Å²) < 4.78 is 1.09. The molecule has 37 heavy (non-hydrogen) atoms. The molecule has 0 fully saturated rings. The molecule has 0 amide bonds. The van der Waals surface area contributed by atoms with Crippen LogP contribution in [0.4, 0.5) is 0 Å². The molecule has 0 spiro atoms. The fraction of sp³-hybridized carbons (Fsp3) is 0.486. The Morgan fingerprint density at radius 3 is 1.22 bits per heavy atom. The third-order valence-corrected chi connectivity index (χ3v) is 7.97. The van der Waals surface area contributed by atoms with Crippen molar-refractivity contribution in [2.24, 2.45) is 0 Å². The quantitative estimate of drug-likeness (QED) is 0.178. The SMILES string of the molecule is CCCC(N(Cc1cc(C)cc(C)c1)Cc1cc(C)cc(C)c1)[N+](CC)(CC)Cc1cc(C)cc(C)c1. The number of hydrogen-bond acceptors (Lipinski definition) is 1. The summed E-state index contributed by atoms with van der Waals surface area (Å²) >= 11 is 0. The number of benzene rings is 3. The predicted octanol–water partition coefficient (Wildman–Crippen LogP) is 8.72. The first-order chi connectivity index (χ1) is 17.6. The van der Waals surface area contributed by atoms with Gasteiger partial charge in [-0.15, -0.1) is 0 Å². The minimum atomic E-state index is 0.447. The van der Waals surface area contributed by atoms with Crippen molar-refractivity contribution in [3.05, 3.63) is 105 Å². The predicted molar refractivity (Wildman–Crippen MR) is 161 cm³/mol. The zero-order valence-electron chi connectivity index (χ0n) is 25.1. The Bertz CT molecular complexity index is 1060. The summed E-state index contributed by atoms with van der Waals surface area (Å²) in [4.78, 5) is 2.81. The summed E-state index contributed by atoms with van der Waals surface area (Å²) in [7, 11) is 0. The third-order valence-electron chi connectivity index (χ3n) is 7.97. The maximum absolute atomic E-state index is 2.81. The molecule has 0 aromatic heterocycles. The second-order valence-corrected chi connectivity index (χ2v) is 11.7. The summed E-state index contributed by atoms with van der Waals surface area (Å²) in [6.45, 7) is 25.8. The maximum Gasteiger partial charge on any atom is 0.146 e. The van der Waals surface area contributed by atoms with Gasteiger partial charge in [-0.05, 0) is 72.9 Å². The highest BCUT2D eigenvalue weighted by atomic mass is 15.5. The van der Waals surface area contributed by atoms with E-state index in [0.29, 0.717) is 6.17 Å². The van der Waals surface area contributed by atoms with E-state index in [9.17, 15) is 0 Å². The lowest BCUT2D eigenvalue weighted by molar-refractivity contribution is -0.972. The fourth-order valence-electron chi connectivity index (χ4n) is 6.62. The normalized spacial score (nSPS) is 12.8. The lowest BCUT2D eigenvalue weighted by Gasteiger charge is -2.48. The van der Waals surface area contributed by atoms with Crippen molar-refractivity contribution >= 4 is 0 Å². The molecule has 0 aliphatic rings. The molecule has 3 aromatic carbocycles. The van der Waals surface area contributed by atoms with Crippen molar-refractivity contribution in [2.75, 3.05) is 13.1 Å². The van der Waals surface area contributed by atoms with Crippen LogP contribution in [0, 0.1) is 41.5 Å². The average Bonchev–Trinajstić information content (AvgIpc) is 2.79. The van der Waals surface area contributed by atoms with Gasteiger partial charge in [0.15, 0.2) is 0 Å². The molecule has 0 bridgehead atoms. The van der Waals surface area contributed by atoms with Crippen LogP contribution in [0.5, 0.6) is 0 Å². The van der Waals surface area contributed by atoms with E-state index in [1.54, 1.807) is 0 Å². The van der Waals surface area contributed by atoms with E-state index in [2.05, 4.69) is 122 Å². The first kappa shape index (κ1) is 29.1. The molecule has 1 atom stereocenters. The summed E-state index contributed by atoms with van der Waals surface area (Å²) in [5.41, 5.74) is 12.5. The van der Waals surface area contributed by atoms with E-state index in [1.165, 1.54) is 62.9 Å². The van der Waals surface area contributed by atoms with Crippen LogP contribution in [0.2, 0.25) is 0 Å². The Kier molecular flexibility index (Phi) is 10.2. The smallest absolute Gasteiger partial charge is 0.146 e. The molecule has 0 aliphatic carbocycles. The van der Waals surface area contributed by atoms with Gasteiger partial charge < -0.3 is 4.48 Å². The zero-order chi connectivity index (χ0) is 27.2. The van der Waals surface area contributed by atoms with E-state index in [4.69, 9.17) is 0 Å². The number of quaternary nitrogens is 1. The molecule has 0 heterocycles. The van der Waals surface area contributed by atoms with Crippen molar-refractivity contribution in [2.45, 2.75) is 101 Å². The molecule has 2 nitrogen and oxygen atoms in total. The van der Waals surface area contributed by atoms with Crippen molar-refractivity contribution in [1.82, 2.24) is 4.90 Å². The third kappa shape index (κ3) is 7.79. The Hall–Kier alpha value is -2.42. The van der Waals surface area contributed by atoms with Gasteiger partial charge in [0.2, 0.25) is 0 Å². The zero-order valence-corrected chi connectivity index (χ0v) is 25.1. The first-order valence-corrected chi connectivity index (χ1v) is 14.4. The Morgan fingerprint density at radius 2 is 0.892 bits per heavy atom. The van der Waals surface area contributed by atoms with Gasteiger partial charge >= 0.3 is 0 Å². The maximum atomic E-state index is 2.81. The molecule has 0 saturated carbocycles. The van der Waals surface area contributed by atoms with Gasteiger partial charge in [0.25, 0.3) is 0 Å². The minimum Gasteiger partial charge on any atom is -0.305 e. The molecule has 3 rings (SSSR count). The van der Waals surface area contributed by atoms with Crippen molar-refractivity contribution in [3.8, 4) is 0 Å². The van der Waals surface area contributed by atoms with Crippen molar-refractivity contribution in [3.63, 3.8) is 0 Å². The summed E-state index contributed by atoms with van der Waals surface area (Å²) in [5, 5.41) is 0. The first-order valence-electron chi connectivity index (χ1n) is 14.4. The Labute approximate surface area is 227 Å². The van der Waals surface area contributed by atoms with Crippen LogP contribution in [0.1, 0.15) is 83.7 Å². The van der Waals surface area contributed by atoms with Crippen LogP contribution >= 0.6 is 0 Å². The summed E-state index contributed by atoms with van der Waals surface area (Å²) in [5.74, 6) is 0. The van der Waals surface area contributed by atoms with E-state index in [-0.39, 0.29) is 0 Å². The largest absolute Gasteiger partial charge is 0.305 e. The second kappa shape index (κ2) is 12.9. The van der Waals surface area contributed by atoms with Crippen LogP contribution in [-0.4, -0.2) is 28.6 Å². The monoisotopic (exact) mass is 499 g/mol. The van der Waals surface area contributed by atoms with Gasteiger partial charge in [0.05, 0.1) is 13.1 Å². The highest BCUT2D eigenvalue weighted by Crippen LogP contribution is 2.30. The molecule has 0 N–H and O–H groups in total. The van der Waals surface area contributed by atoms with Gasteiger partial charge in [-0.1, -0.05) is 94.9 Å². The lowest BCUT2D eigenvalue weighted by atomic mass is 10.0. The number of aryl methyl sites for hydroxylation is 6. The summed E-state index contributed by atoms with van der Waals surface area (Å²) in [6.07, 6.45) is 2.83. The number of rotatable bonds is 12. The molecule has 0 radical (unpaired) electrons. The van der Waals surface area contributed by atoms with Crippen molar-refractivity contribution in [1.29, 1.82) is 0 Å². The van der Waals surface area contributed by atoms with E-state index in [1.807, 2.05) is 0 Å². The van der Waals surface area contributed by atoms with Gasteiger partial charge in [0.1, 0.15) is 12.7 Å². The molecule has 3 aromatic rings. The van der Waals surface area contributed by atoms with E-state index < -0.39 is 0 Å². The molecule has 0 aliphatic heterocycles. The minimum absolute atomic E-state index is 0.447. The van der Waals surface area contributed by atoms with E-state index >= 15 is 0 Å². The molecule has 2 heteroatoms. The molecule has 1 unspecified atom stereocenters. The van der Waals surface area contributed by atoms with Crippen LogP contribution < -0.4 is 0 Å². The highest BCUT2D eigenvalue weighted by Gasteiger charge is 2.38. The number of hydrogen-bond donors (Lipinski definition) is 0. The van der Waals surface area contributed by atoms with Gasteiger partial charge in [-0.25, -0.2) is 4.90 Å². The molecule has 200 valence electrons. The highest BCUT2D eigenvalue weighted by molar-refractivity contribution is 5.31. The second-order valence-electron chi connectivity index (χ2n) is 11.7. The molecular weight excluding hydrogens is 448 g/mol. The Balaban J connectivity index is 2.10. The van der Waals surface area contributed by atoms with Gasteiger partial charge in [0, 0.05) is 25.1 Å². The molecular formula is C35H51N2+. The number of nitrogens with zero attached hydrogens (tertiary/aromatic N) is 2. The van der Waals surface area contributed by atoms with Crippen LogP contribution in [0.25, 0.3) is 0 Å².